The molecule has 0 bridgehead atoms. The van der Waals surface area contributed by atoms with Crippen LogP contribution >= 0.6 is 11.3 Å². The lowest BCUT2D eigenvalue weighted by molar-refractivity contribution is 0.0971. The highest BCUT2D eigenvalue weighted by Gasteiger charge is 2.45. The zero-order valence-electron chi connectivity index (χ0n) is 17.1. The van der Waals surface area contributed by atoms with Crippen LogP contribution in [0.3, 0.4) is 0 Å². The number of carbonyl (C=O) groups is 1. The van der Waals surface area contributed by atoms with E-state index in [9.17, 15) is 18.4 Å². The maximum atomic E-state index is 15.0. The number of fused-ring (bicyclic) bond motifs is 3. The van der Waals surface area contributed by atoms with Gasteiger partial charge in [-0.25, -0.2) is 13.8 Å². The maximum absolute atomic E-state index is 15.0. The van der Waals surface area contributed by atoms with Crippen LogP contribution in [0.1, 0.15) is 33.3 Å². The predicted octanol–water partition coefficient (Wildman–Crippen LogP) is 5.74. The molecule has 8 heteroatoms. The van der Waals surface area contributed by atoms with E-state index in [4.69, 9.17) is 4.42 Å². The van der Waals surface area contributed by atoms with Crippen molar-refractivity contribution in [2.45, 2.75) is 13.0 Å². The Balaban J connectivity index is 1.66. The van der Waals surface area contributed by atoms with E-state index in [1.807, 2.05) is 6.92 Å². The molecule has 2 aromatic heterocycles. The van der Waals surface area contributed by atoms with E-state index in [2.05, 4.69) is 4.98 Å². The second-order valence-corrected chi connectivity index (χ2v) is 8.89. The monoisotopic (exact) mass is 460 g/mol. The fourth-order valence-corrected chi connectivity index (χ4v) is 5.28. The molecule has 5 nitrogen and oxygen atoms in total. The molecule has 0 saturated carbocycles. The van der Waals surface area contributed by atoms with E-state index in [1.54, 1.807) is 24.3 Å². The van der Waals surface area contributed by atoms with Gasteiger partial charge in [-0.1, -0.05) is 41.2 Å². The van der Waals surface area contributed by atoms with Crippen LogP contribution in [-0.2, 0) is 0 Å². The highest BCUT2D eigenvalue weighted by Crippen LogP contribution is 2.44. The molecule has 5 aromatic rings. The SMILES string of the molecule is Cc1ccc2oc3c(c(=O)c2c1)[C@@H](c1ccccc1F)N(c1nc2ccc(F)cc2s1)C3=O. The van der Waals surface area contributed by atoms with E-state index < -0.39 is 29.0 Å². The van der Waals surface area contributed by atoms with E-state index in [0.717, 1.165) is 16.9 Å². The molecule has 33 heavy (non-hydrogen) atoms. The fourth-order valence-electron chi connectivity index (χ4n) is 4.26. The second-order valence-electron chi connectivity index (χ2n) is 7.88. The Morgan fingerprint density at radius 3 is 2.67 bits per heavy atom. The minimum absolute atomic E-state index is 0.0636. The lowest BCUT2D eigenvalue weighted by atomic mass is 9.98. The van der Waals surface area contributed by atoms with Crippen molar-refractivity contribution in [3.63, 3.8) is 0 Å². The van der Waals surface area contributed by atoms with Crippen LogP contribution in [0.2, 0.25) is 0 Å². The van der Waals surface area contributed by atoms with Crippen molar-refractivity contribution in [2.24, 2.45) is 0 Å². The molecule has 3 aromatic carbocycles. The lowest BCUT2D eigenvalue weighted by Gasteiger charge is -2.22. The number of rotatable bonds is 2. The van der Waals surface area contributed by atoms with Crippen molar-refractivity contribution in [1.82, 2.24) is 4.98 Å². The molecule has 1 atom stereocenters. The van der Waals surface area contributed by atoms with Gasteiger partial charge in [0, 0.05) is 5.56 Å². The molecule has 0 fully saturated rings. The molecular weight excluding hydrogens is 446 g/mol. The topological polar surface area (TPSA) is 63.4 Å². The lowest BCUT2D eigenvalue weighted by Crippen LogP contribution is -2.30. The Kier molecular flexibility index (Phi) is 4.22. The molecule has 1 amide bonds. The number of anilines is 1. The summed E-state index contributed by atoms with van der Waals surface area (Å²) in [5.74, 6) is -1.74. The Bertz CT molecular complexity index is 1670. The zero-order valence-corrected chi connectivity index (χ0v) is 18.0. The van der Waals surface area contributed by atoms with Gasteiger partial charge in [-0.2, -0.15) is 0 Å². The molecule has 0 N–H and O–H groups in total. The average molecular weight is 460 g/mol. The molecule has 162 valence electrons. The van der Waals surface area contributed by atoms with Crippen LogP contribution in [0.15, 0.2) is 69.9 Å². The van der Waals surface area contributed by atoms with Crippen LogP contribution in [0.5, 0.6) is 0 Å². The molecule has 0 spiro atoms. The largest absolute Gasteiger partial charge is 0.450 e. The van der Waals surface area contributed by atoms with Crippen molar-refractivity contribution in [2.75, 3.05) is 4.90 Å². The van der Waals surface area contributed by atoms with Gasteiger partial charge in [-0.15, -0.1) is 0 Å². The number of aryl methyl sites for hydroxylation is 1. The van der Waals surface area contributed by atoms with Crippen molar-refractivity contribution in [1.29, 1.82) is 0 Å². The van der Waals surface area contributed by atoms with Crippen LogP contribution in [0, 0.1) is 18.6 Å². The first kappa shape index (κ1) is 19.8. The second kappa shape index (κ2) is 7.05. The zero-order chi connectivity index (χ0) is 22.9. The Morgan fingerprint density at radius 2 is 1.85 bits per heavy atom. The third kappa shape index (κ3) is 2.91. The number of hydrogen-bond donors (Lipinski definition) is 0. The predicted molar refractivity (Wildman–Crippen MR) is 122 cm³/mol. The van der Waals surface area contributed by atoms with Gasteiger partial charge in [-0.05, 0) is 43.3 Å². The fraction of sp³-hybridized carbons (Fsp3) is 0.0800. The van der Waals surface area contributed by atoms with Crippen molar-refractivity contribution in [3.05, 3.63) is 105 Å². The van der Waals surface area contributed by atoms with Gasteiger partial charge in [-0.3, -0.25) is 14.5 Å². The first-order chi connectivity index (χ1) is 15.9. The maximum Gasteiger partial charge on any atom is 0.297 e. The number of halogens is 2. The van der Waals surface area contributed by atoms with Crippen LogP contribution < -0.4 is 10.3 Å². The highest BCUT2D eigenvalue weighted by atomic mass is 32.1. The van der Waals surface area contributed by atoms with E-state index in [0.29, 0.717) is 15.6 Å². The number of benzene rings is 3. The van der Waals surface area contributed by atoms with Gasteiger partial charge in [0.25, 0.3) is 5.91 Å². The van der Waals surface area contributed by atoms with Gasteiger partial charge in [0.05, 0.1) is 21.2 Å². The summed E-state index contributed by atoms with van der Waals surface area (Å²) in [4.78, 5) is 32.9. The summed E-state index contributed by atoms with van der Waals surface area (Å²) in [7, 11) is 0. The van der Waals surface area contributed by atoms with Gasteiger partial charge >= 0.3 is 0 Å². The third-order valence-corrected chi connectivity index (χ3v) is 6.79. The molecule has 1 aliphatic heterocycles. The Morgan fingerprint density at radius 1 is 1.03 bits per heavy atom. The number of nitrogens with zero attached hydrogens (tertiary/aromatic N) is 2. The Labute approximate surface area is 189 Å². The third-order valence-electron chi connectivity index (χ3n) is 5.77. The number of aromatic nitrogens is 1. The standard InChI is InChI=1S/C25H14F2N2O3S/c1-12-6-9-18-15(10-12)22(30)20-21(14-4-2-3-5-16(14)27)29(24(31)23(20)32-18)25-28-17-8-7-13(26)11-19(17)33-25/h2-11,21H,1H3/t21-/m1/s1. The molecule has 0 unspecified atom stereocenters. The number of hydrogen-bond acceptors (Lipinski definition) is 5. The molecule has 0 saturated heterocycles. The number of carbonyl (C=O) groups excluding carboxylic acids is 1. The summed E-state index contributed by atoms with van der Waals surface area (Å²) in [5, 5.41) is 0.538. The molecule has 0 aliphatic carbocycles. The highest BCUT2D eigenvalue weighted by molar-refractivity contribution is 7.22. The number of amides is 1. The molecular formula is C25H14F2N2O3S. The van der Waals surface area contributed by atoms with Gasteiger partial charge in [0.15, 0.2) is 10.6 Å². The van der Waals surface area contributed by atoms with Crippen molar-refractivity contribution in [3.8, 4) is 0 Å². The normalized spacial score (nSPS) is 15.5. The smallest absolute Gasteiger partial charge is 0.297 e. The van der Waals surface area contributed by atoms with Crippen LogP contribution in [-0.4, -0.2) is 10.9 Å². The van der Waals surface area contributed by atoms with E-state index in [1.165, 1.54) is 41.3 Å². The van der Waals surface area contributed by atoms with Crippen molar-refractivity contribution < 1.29 is 18.0 Å². The quantitative estimate of drug-likeness (QED) is 0.337. The Hall–Kier alpha value is -3.91. The summed E-state index contributed by atoms with van der Waals surface area (Å²) in [6.07, 6.45) is 0. The molecule has 6 rings (SSSR count). The van der Waals surface area contributed by atoms with Gasteiger partial charge < -0.3 is 4.42 Å². The summed E-state index contributed by atoms with van der Waals surface area (Å²) in [5.41, 5.74) is 1.44. The summed E-state index contributed by atoms with van der Waals surface area (Å²) >= 11 is 1.09. The minimum atomic E-state index is -1.07. The van der Waals surface area contributed by atoms with Gasteiger partial charge in [0.2, 0.25) is 5.76 Å². The minimum Gasteiger partial charge on any atom is -0.450 e. The van der Waals surface area contributed by atoms with E-state index >= 15 is 0 Å². The summed E-state index contributed by atoms with van der Waals surface area (Å²) < 4.78 is 35.1. The first-order valence-corrected chi connectivity index (χ1v) is 11.0. The van der Waals surface area contributed by atoms with E-state index in [-0.39, 0.29) is 27.6 Å². The van der Waals surface area contributed by atoms with Crippen LogP contribution in [0.4, 0.5) is 13.9 Å². The molecule has 3 heterocycles. The summed E-state index contributed by atoms with van der Waals surface area (Å²) in [6, 6.07) is 14.1. The molecule has 1 aliphatic rings. The first-order valence-electron chi connectivity index (χ1n) is 10.1. The van der Waals surface area contributed by atoms with Crippen molar-refractivity contribution >= 4 is 43.6 Å². The summed E-state index contributed by atoms with van der Waals surface area (Å²) in [6.45, 7) is 1.85. The average Bonchev–Trinajstić information content (AvgIpc) is 3.33. The molecule has 0 radical (unpaired) electrons. The number of thiazole rings is 1. The van der Waals surface area contributed by atoms with Crippen LogP contribution in [0.25, 0.3) is 21.2 Å². The van der Waals surface area contributed by atoms with Gasteiger partial charge in [0.1, 0.15) is 23.3 Å².